The van der Waals surface area contributed by atoms with Crippen molar-refractivity contribution in [2.75, 3.05) is 6.54 Å². The highest BCUT2D eigenvalue weighted by Gasteiger charge is 2.16. The van der Waals surface area contributed by atoms with Gasteiger partial charge in [0.25, 0.3) is 0 Å². The molecule has 1 unspecified atom stereocenters. The van der Waals surface area contributed by atoms with Crippen molar-refractivity contribution in [3.8, 4) is 0 Å². The number of aromatic amines is 1. The summed E-state index contributed by atoms with van der Waals surface area (Å²) >= 11 is 0. The molecule has 4 N–H and O–H groups in total. The topological polar surface area (TPSA) is 70.9 Å². The number of amides is 1. The smallest absolute Gasteiger partial charge is 0.237 e. The number of halogens is 1. The van der Waals surface area contributed by atoms with Crippen molar-refractivity contribution in [3.63, 3.8) is 0 Å². The van der Waals surface area contributed by atoms with E-state index in [1.54, 1.807) is 18.3 Å². The molecule has 0 saturated heterocycles. The molecule has 0 saturated carbocycles. The van der Waals surface area contributed by atoms with E-state index in [9.17, 15) is 9.18 Å². The average molecular weight is 249 g/mol. The second-order valence-corrected chi connectivity index (χ2v) is 4.18. The summed E-state index contributed by atoms with van der Waals surface area (Å²) in [5.41, 5.74) is 7.23. The summed E-state index contributed by atoms with van der Waals surface area (Å²) in [6.45, 7) is 2.37. The SMILES string of the molecule is CCNC(=O)C(N)Cc1c[nH]c2cccc(F)c12. The number of benzene rings is 1. The van der Waals surface area contributed by atoms with Crippen LogP contribution in [0.25, 0.3) is 10.9 Å². The standard InChI is InChI=1S/C13H16FN3O/c1-2-16-13(18)10(15)6-8-7-17-11-5-3-4-9(14)12(8)11/h3-5,7,10,17H,2,6,15H2,1H3,(H,16,18). The Morgan fingerprint density at radius 2 is 2.33 bits per heavy atom. The van der Waals surface area contributed by atoms with Crippen molar-refractivity contribution >= 4 is 16.8 Å². The quantitative estimate of drug-likeness (QED) is 0.764. The van der Waals surface area contributed by atoms with Crippen LogP contribution in [0.4, 0.5) is 4.39 Å². The fraction of sp³-hybridized carbons (Fsp3) is 0.308. The van der Waals surface area contributed by atoms with Crippen LogP contribution < -0.4 is 11.1 Å². The molecule has 1 atom stereocenters. The number of fused-ring (bicyclic) bond motifs is 1. The fourth-order valence-electron chi connectivity index (χ4n) is 2.00. The minimum Gasteiger partial charge on any atom is -0.361 e. The third-order valence-corrected chi connectivity index (χ3v) is 2.86. The Bertz CT molecular complexity index is 564. The molecule has 96 valence electrons. The lowest BCUT2D eigenvalue weighted by Crippen LogP contribution is -2.41. The number of carbonyl (C=O) groups is 1. The summed E-state index contributed by atoms with van der Waals surface area (Å²) in [5.74, 6) is -0.518. The van der Waals surface area contributed by atoms with E-state index in [0.29, 0.717) is 23.9 Å². The first-order valence-corrected chi connectivity index (χ1v) is 5.91. The molecule has 1 amide bonds. The Hall–Kier alpha value is -1.88. The number of H-pyrrole nitrogens is 1. The molecule has 18 heavy (non-hydrogen) atoms. The van der Waals surface area contributed by atoms with Crippen LogP contribution in [0, 0.1) is 5.82 Å². The van der Waals surface area contributed by atoms with Gasteiger partial charge in [0.1, 0.15) is 5.82 Å². The van der Waals surface area contributed by atoms with E-state index in [1.807, 2.05) is 6.92 Å². The van der Waals surface area contributed by atoms with Crippen LogP contribution in [0.5, 0.6) is 0 Å². The van der Waals surface area contributed by atoms with Crippen molar-refractivity contribution in [1.82, 2.24) is 10.3 Å². The Balaban J connectivity index is 2.24. The normalized spacial score (nSPS) is 12.6. The lowest BCUT2D eigenvalue weighted by atomic mass is 10.0. The number of hydrogen-bond acceptors (Lipinski definition) is 2. The van der Waals surface area contributed by atoms with Gasteiger partial charge in [-0.3, -0.25) is 4.79 Å². The van der Waals surface area contributed by atoms with Gasteiger partial charge < -0.3 is 16.0 Å². The lowest BCUT2D eigenvalue weighted by Gasteiger charge is -2.10. The van der Waals surface area contributed by atoms with Crippen LogP contribution >= 0.6 is 0 Å². The highest BCUT2D eigenvalue weighted by Crippen LogP contribution is 2.22. The summed E-state index contributed by atoms with van der Waals surface area (Å²) in [6, 6.07) is 4.17. The number of aromatic nitrogens is 1. The second kappa shape index (κ2) is 5.18. The zero-order chi connectivity index (χ0) is 13.1. The number of nitrogens with two attached hydrogens (primary N) is 1. The van der Waals surface area contributed by atoms with Crippen molar-refractivity contribution in [1.29, 1.82) is 0 Å². The molecule has 0 aliphatic rings. The molecule has 1 heterocycles. The summed E-state index contributed by atoms with van der Waals surface area (Å²) in [6.07, 6.45) is 2.01. The van der Waals surface area contributed by atoms with Crippen molar-refractivity contribution < 1.29 is 9.18 Å². The molecule has 0 aliphatic heterocycles. The molecule has 0 fully saturated rings. The molecular weight excluding hydrogens is 233 g/mol. The van der Waals surface area contributed by atoms with Gasteiger partial charge in [0.2, 0.25) is 5.91 Å². The third-order valence-electron chi connectivity index (χ3n) is 2.86. The minimum absolute atomic E-state index is 0.219. The molecule has 2 rings (SSSR count). The molecular formula is C13H16FN3O. The first-order chi connectivity index (χ1) is 8.63. The molecule has 5 heteroatoms. The summed E-state index contributed by atoms with van der Waals surface area (Å²) in [4.78, 5) is 14.5. The molecule has 0 bridgehead atoms. The monoisotopic (exact) mass is 249 g/mol. The van der Waals surface area contributed by atoms with E-state index in [1.165, 1.54) is 6.07 Å². The summed E-state index contributed by atoms with van der Waals surface area (Å²) in [5, 5.41) is 3.16. The predicted molar refractivity (Wildman–Crippen MR) is 68.6 cm³/mol. The van der Waals surface area contributed by atoms with Gasteiger partial charge in [0.15, 0.2) is 0 Å². The zero-order valence-corrected chi connectivity index (χ0v) is 10.2. The third kappa shape index (κ3) is 2.36. The van der Waals surface area contributed by atoms with E-state index in [4.69, 9.17) is 5.73 Å². The second-order valence-electron chi connectivity index (χ2n) is 4.18. The number of likely N-dealkylation sites (N-methyl/N-ethyl adjacent to an activating group) is 1. The molecule has 4 nitrogen and oxygen atoms in total. The van der Waals surface area contributed by atoms with Gasteiger partial charge in [0, 0.05) is 23.6 Å². The Labute approximate surface area is 104 Å². The van der Waals surface area contributed by atoms with Gasteiger partial charge in [-0.2, -0.15) is 0 Å². The zero-order valence-electron chi connectivity index (χ0n) is 10.2. The van der Waals surface area contributed by atoms with E-state index in [2.05, 4.69) is 10.3 Å². The van der Waals surface area contributed by atoms with Crippen molar-refractivity contribution in [2.24, 2.45) is 5.73 Å². The maximum Gasteiger partial charge on any atom is 0.237 e. The number of hydrogen-bond donors (Lipinski definition) is 3. The van der Waals surface area contributed by atoms with E-state index < -0.39 is 6.04 Å². The van der Waals surface area contributed by atoms with Crippen LogP contribution in [0.15, 0.2) is 24.4 Å². The minimum atomic E-state index is -0.663. The van der Waals surface area contributed by atoms with Gasteiger partial charge in [0.05, 0.1) is 6.04 Å². The van der Waals surface area contributed by atoms with E-state index in [0.717, 1.165) is 5.56 Å². The van der Waals surface area contributed by atoms with Gasteiger partial charge >= 0.3 is 0 Å². The van der Waals surface area contributed by atoms with Crippen LogP contribution in [-0.4, -0.2) is 23.5 Å². The lowest BCUT2D eigenvalue weighted by molar-refractivity contribution is -0.122. The highest BCUT2D eigenvalue weighted by atomic mass is 19.1. The van der Waals surface area contributed by atoms with Crippen LogP contribution in [0.2, 0.25) is 0 Å². The fourth-order valence-corrected chi connectivity index (χ4v) is 2.00. The maximum absolute atomic E-state index is 13.7. The Kier molecular flexibility index (Phi) is 3.62. The predicted octanol–water partition coefficient (Wildman–Crippen LogP) is 1.31. The largest absolute Gasteiger partial charge is 0.361 e. The van der Waals surface area contributed by atoms with Gasteiger partial charge in [-0.05, 0) is 31.0 Å². The first-order valence-electron chi connectivity index (χ1n) is 5.91. The first kappa shape index (κ1) is 12.6. The molecule has 0 radical (unpaired) electrons. The van der Waals surface area contributed by atoms with Crippen LogP contribution in [0.3, 0.4) is 0 Å². The molecule has 0 aliphatic carbocycles. The number of carbonyl (C=O) groups excluding carboxylic acids is 1. The average Bonchev–Trinajstić information content (AvgIpc) is 2.74. The van der Waals surface area contributed by atoms with E-state index in [-0.39, 0.29) is 11.7 Å². The highest BCUT2D eigenvalue weighted by molar-refractivity contribution is 5.86. The molecule has 0 spiro atoms. The van der Waals surface area contributed by atoms with Crippen molar-refractivity contribution in [2.45, 2.75) is 19.4 Å². The van der Waals surface area contributed by atoms with Crippen LogP contribution in [-0.2, 0) is 11.2 Å². The van der Waals surface area contributed by atoms with Gasteiger partial charge in [-0.25, -0.2) is 4.39 Å². The maximum atomic E-state index is 13.7. The Morgan fingerprint density at radius 3 is 3.06 bits per heavy atom. The summed E-state index contributed by atoms with van der Waals surface area (Å²) in [7, 11) is 0. The molecule has 1 aromatic carbocycles. The van der Waals surface area contributed by atoms with Crippen molar-refractivity contribution in [3.05, 3.63) is 35.8 Å². The number of rotatable bonds is 4. The van der Waals surface area contributed by atoms with E-state index >= 15 is 0 Å². The van der Waals surface area contributed by atoms with Crippen LogP contribution in [0.1, 0.15) is 12.5 Å². The Morgan fingerprint density at radius 1 is 1.56 bits per heavy atom. The number of nitrogens with one attached hydrogen (secondary N) is 2. The van der Waals surface area contributed by atoms with Gasteiger partial charge in [-0.1, -0.05) is 6.07 Å². The summed E-state index contributed by atoms with van der Waals surface area (Å²) < 4.78 is 13.7. The van der Waals surface area contributed by atoms with Gasteiger partial charge in [-0.15, -0.1) is 0 Å². The molecule has 2 aromatic rings. The molecule has 1 aromatic heterocycles.